The van der Waals surface area contributed by atoms with Gasteiger partial charge in [0.1, 0.15) is 9.84 Å². The smallest absolute Gasteiger partial charge is 0.236 e. The SMILES string of the molecule is CNC(=O)C(C)NC1CCS(=O)(=O)CC1. The van der Waals surface area contributed by atoms with E-state index < -0.39 is 9.84 Å². The minimum absolute atomic E-state index is 0.0663. The van der Waals surface area contributed by atoms with Crippen LogP contribution in [0.5, 0.6) is 0 Å². The molecule has 1 saturated heterocycles. The average Bonchev–Trinajstić information content (AvgIpc) is 2.20. The zero-order valence-corrected chi connectivity index (χ0v) is 9.93. The second kappa shape index (κ2) is 4.94. The van der Waals surface area contributed by atoms with Gasteiger partial charge < -0.3 is 10.6 Å². The second-order valence-electron chi connectivity index (χ2n) is 3.93. The monoisotopic (exact) mass is 234 g/mol. The van der Waals surface area contributed by atoms with Gasteiger partial charge in [0.15, 0.2) is 0 Å². The Morgan fingerprint density at radius 3 is 2.33 bits per heavy atom. The van der Waals surface area contributed by atoms with Crippen LogP contribution >= 0.6 is 0 Å². The van der Waals surface area contributed by atoms with Gasteiger partial charge in [-0.05, 0) is 19.8 Å². The summed E-state index contributed by atoms with van der Waals surface area (Å²) in [5.74, 6) is 0.388. The lowest BCUT2D eigenvalue weighted by atomic mass is 10.1. The predicted octanol–water partition coefficient (Wildman–Crippen LogP) is -0.712. The largest absolute Gasteiger partial charge is 0.358 e. The molecule has 0 aliphatic carbocycles. The molecule has 1 fully saturated rings. The highest BCUT2D eigenvalue weighted by molar-refractivity contribution is 7.91. The third-order valence-corrected chi connectivity index (χ3v) is 4.40. The van der Waals surface area contributed by atoms with Gasteiger partial charge >= 0.3 is 0 Å². The molecule has 88 valence electrons. The van der Waals surface area contributed by atoms with E-state index >= 15 is 0 Å². The molecule has 1 aliphatic heterocycles. The van der Waals surface area contributed by atoms with Crippen molar-refractivity contribution in [3.8, 4) is 0 Å². The van der Waals surface area contributed by atoms with Gasteiger partial charge in [-0.1, -0.05) is 0 Å². The molecule has 1 amide bonds. The lowest BCUT2D eigenvalue weighted by Gasteiger charge is -2.25. The molecule has 0 aromatic rings. The molecule has 6 heteroatoms. The summed E-state index contributed by atoms with van der Waals surface area (Å²) in [6, 6.07) is -0.123. The van der Waals surface area contributed by atoms with Crippen molar-refractivity contribution in [1.82, 2.24) is 10.6 Å². The number of carbonyl (C=O) groups excluding carboxylic acids is 1. The number of rotatable bonds is 3. The molecule has 15 heavy (non-hydrogen) atoms. The van der Waals surface area contributed by atoms with Crippen LogP contribution in [-0.2, 0) is 14.6 Å². The third-order valence-electron chi connectivity index (χ3n) is 2.68. The molecule has 1 rings (SSSR count). The quantitative estimate of drug-likeness (QED) is 0.676. The van der Waals surface area contributed by atoms with E-state index in [2.05, 4.69) is 10.6 Å². The molecule has 0 radical (unpaired) electrons. The third kappa shape index (κ3) is 3.79. The van der Waals surface area contributed by atoms with Gasteiger partial charge in [0, 0.05) is 13.1 Å². The maximum atomic E-state index is 11.2. The van der Waals surface area contributed by atoms with Gasteiger partial charge in [0.2, 0.25) is 5.91 Å². The van der Waals surface area contributed by atoms with Crippen molar-refractivity contribution in [3.63, 3.8) is 0 Å². The molecule has 0 aromatic heterocycles. The van der Waals surface area contributed by atoms with E-state index in [1.807, 2.05) is 0 Å². The lowest BCUT2D eigenvalue weighted by Crippen LogP contribution is -2.48. The molecule has 2 N–H and O–H groups in total. The summed E-state index contributed by atoms with van der Waals surface area (Å²) in [5, 5.41) is 5.68. The highest BCUT2D eigenvalue weighted by Crippen LogP contribution is 2.12. The Morgan fingerprint density at radius 1 is 1.33 bits per heavy atom. The molecule has 1 unspecified atom stereocenters. The highest BCUT2D eigenvalue weighted by atomic mass is 32.2. The Morgan fingerprint density at radius 2 is 1.87 bits per heavy atom. The van der Waals surface area contributed by atoms with Crippen LogP contribution in [-0.4, -0.2) is 45.0 Å². The van der Waals surface area contributed by atoms with Gasteiger partial charge in [0.05, 0.1) is 17.5 Å². The topological polar surface area (TPSA) is 75.3 Å². The maximum Gasteiger partial charge on any atom is 0.236 e. The minimum atomic E-state index is -2.82. The van der Waals surface area contributed by atoms with E-state index in [0.717, 1.165) is 0 Å². The summed E-state index contributed by atoms with van der Waals surface area (Å²) in [6.07, 6.45) is 1.20. The van der Waals surface area contributed by atoms with Crippen LogP contribution < -0.4 is 10.6 Å². The fourth-order valence-electron chi connectivity index (χ4n) is 1.70. The number of sulfone groups is 1. The second-order valence-corrected chi connectivity index (χ2v) is 6.23. The Balaban J connectivity index is 2.39. The molecule has 1 heterocycles. The number of amides is 1. The summed E-state index contributed by atoms with van der Waals surface area (Å²) in [5.41, 5.74) is 0. The van der Waals surface area contributed by atoms with Crippen LogP contribution in [0.1, 0.15) is 19.8 Å². The first-order valence-electron chi connectivity index (χ1n) is 5.12. The Labute approximate surface area is 90.5 Å². The normalized spacial score (nSPS) is 23.3. The molecule has 1 atom stereocenters. The van der Waals surface area contributed by atoms with Crippen molar-refractivity contribution in [2.75, 3.05) is 18.6 Å². The van der Waals surface area contributed by atoms with E-state index in [4.69, 9.17) is 0 Å². The molecule has 0 aromatic carbocycles. The summed E-state index contributed by atoms with van der Waals surface area (Å²) in [6.45, 7) is 1.78. The van der Waals surface area contributed by atoms with Crippen LogP contribution in [0.2, 0.25) is 0 Å². The molecule has 0 bridgehead atoms. The molecule has 0 saturated carbocycles. The van der Waals surface area contributed by atoms with Gasteiger partial charge in [-0.25, -0.2) is 8.42 Å². The molecule has 0 spiro atoms. The summed E-state index contributed by atoms with van der Waals surface area (Å²) in [4.78, 5) is 11.2. The van der Waals surface area contributed by atoms with Gasteiger partial charge in [-0.3, -0.25) is 4.79 Å². The van der Waals surface area contributed by atoms with Crippen LogP contribution in [0.4, 0.5) is 0 Å². The van der Waals surface area contributed by atoms with Crippen LogP contribution in [0.15, 0.2) is 0 Å². The number of likely N-dealkylation sites (N-methyl/N-ethyl adjacent to an activating group) is 1. The first-order chi connectivity index (χ1) is 6.94. The van der Waals surface area contributed by atoms with Gasteiger partial charge in [0.25, 0.3) is 0 Å². The van der Waals surface area contributed by atoms with Crippen molar-refractivity contribution < 1.29 is 13.2 Å². The first-order valence-corrected chi connectivity index (χ1v) is 6.95. The summed E-state index contributed by atoms with van der Waals surface area (Å²) >= 11 is 0. The van der Waals surface area contributed by atoms with Crippen molar-refractivity contribution in [1.29, 1.82) is 0 Å². The fourth-order valence-corrected chi connectivity index (χ4v) is 3.19. The molecule has 5 nitrogen and oxygen atoms in total. The standard InChI is InChI=1S/C9H18N2O3S/c1-7(9(12)10-2)11-8-3-5-15(13,14)6-4-8/h7-8,11H,3-6H2,1-2H3,(H,10,12). The number of hydrogen-bond donors (Lipinski definition) is 2. The zero-order valence-electron chi connectivity index (χ0n) is 9.12. The molecular weight excluding hydrogens is 216 g/mol. The average molecular weight is 234 g/mol. The molecular formula is C9H18N2O3S. The Kier molecular flexibility index (Phi) is 4.10. The van der Waals surface area contributed by atoms with E-state index in [1.54, 1.807) is 14.0 Å². The lowest BCUT2D eigenvalue weighted by molar-refractivity contribution is -0.122. The number of carbonyl (C=O) groups is 1. The maximum absolute atomic E-state index is 11.2. The van der Waals surface area contributed by atoms with E-state index in [1.165, 1.54) is 0 Å². The minimum Gasteiger partial charge on any atom is -0.358 e. The fraction of sp³-hybridized carbons (Fsp3) is 0.889. The highest BCUT2D eigenvalue weighted by Gasteiger charge is 2.25. The summed E-state index contributed by atoms with van der Waals surface area (Å²) in [7, 11) is -1.23. The van der Waals surface area contributed by atoms with Crippen LogP contribution in [0, 0.1) is 0 Å². The first kappa shape index (κ1) is 12.4. The predicted molar refractivity (Wildman–Crippen MR) is 58.3 cm³/mol. The Hall–Kier alpha value is -0.620. The zero-order chi connectivity index (χ0) is 11.5. The van der Waals surface area contributed by atoms with E-state index in [-0.39, 0.29) is 29.5 Å². The Bertz CT molecular complexity index is 312. The number of hydrogen-bond acceptors (Lipinski definition) is 4. The molecule has 1 aliphatic rings. The van der Waals surface area contributed by atoms with Gasteiger partial charge in [-0.15, -0.1) is 0 Å². The van der Waals surface area contributed by atoms with Crippen LogP contribution in [0.25, 0.3) is 0 Å². The van der Waals surface area contributed by atoms with E-state index in [0.29, 0.717) is 12.8 Å². The number of nitrogens with one attached hydrogen (secondary N) is 2. The van der Waals surface area contributed by atoms with Crippen LogP contribution in [0.3, 0.4) is 0 Å². The van der Waals surface area contributed by atoms with Crippen molar-refractivity contribution in [2.24, 2.45) is 0 Å². The van der Waals surface area contributed by atoms with E-state index in [9.17, 15) is 13.2 Å². The van der Waals surface area contributed by atoms with Crippen molar-refractivity contribution in [3.05, 3.63) is 0 Å². The van der Waals surface area contributed by atoms with Crippen molar-refractivity contribution >= 4 is 15.7 Å². The van der Waals surface area contributed by atoms with Crippen molar-refractivity contribution in [2.45, 2.75) is 31.8 Å². The summed E-state index contributed by atoms with van der Waals surface area (Å²) < 4.78 is 22.3. The van der Waals surface area contributed by atoms with Gasteiger partial charge in [-0.2, -0.15) is 0 Å².